The first-order chi connectivity index (χ1) is 27.4. The molecule has 1 aromatic carbocycles. The molecule has 2 heterocycles. The van der Waals surface area contributed by atoms with Crippen LogP contribution in [0.15, 0.2) is 82.9 Å². The Labute approximate surface area is 344 Å². The summed E-state index contributed by atoms with van der Waals surface area (Å²) in [6.07, 6.45) is 25.7. The number of hydrazone groups is 1. The summed E-state index contributed by atoms with van der Waals surface area (Å²) in [6, 6.07) is 7.98. The van der Waals surface area contributed by atoms with Crippen molar-refractivity contribution in [1.29, 1.82) is 0 Å². The number of unbranched alkanes of at least 4 members (excludes halogenated alkanes) is 1. The number of hydrogen-bond acceptors (Lipinski definition) is 8. The molecule has 10 nitrogen and oxygen atoms in total. The highest BCUT2D eigenvalue weighted by Gasteiger charge is 2.23. The monoisotopic (exact) mass is 780 g/mol. The molecule has 10 heteroatoms. The number of amidine groups is 1. The second-order valence-electron chi connectivity index (χ2n) is 14.5. The fourth-order valence-electron chi connectivity index (χ4n) is 5.84. The quantitative estimate of drug-likeness (QED) is 0.0584. The molecule has 3 rings (SSSR count). The van der Waals surface area contributed by atoms with Crippen molar-refractivity contribution in [1.82, 2.24) is 19.8 Å². The van der Waals surface area contributed by atoms with Crippen molar-refractivity contribution in [3.8, 4) is 23.8 Å². The van der Waals surface area contributed by atoms with Gasteiger partial charge in [-0.3, -0.25) is 9.80 Å². The van der Waals surface area contributed by atoms with E-state index >= 15 is 0 Å². The molecular weight excluding hydrogens is 711 g/mol. The SMILES string of the molecule is C#CC.C/C=N\N1C=CC(Oc2ccc(NC(=N/C=C/CCC)c3nc(C)c(OCC(CC)N(CCCC(C)CC)C(=O)/C=C/CN(C)C)cc3C)cc2C)=CC1. The van der Waals surface area contributed by atoms with Crippen molar-refractivity contribution in [3.63, 3.8) is 0 Å². The van der Waals surface area contributed by atoms with E-state index < -0.39 is 0 Å². The molecule has 0 bridgehead atoms. The van der Waals surface area contributed by atoms with E-state index in [-0.39, 0.29) is 11.9 Å². The Morgan fingerprint density at radius 2 is 1.86 bits per heavy atom. The molecule has 57 heavy (non-hydrogen) atoms. The summed E-state index contributed by atoms with van der Waals surface area (Å²) in [7, 11) is 4.00. The zero-order chi connectivity index (χ0) is 42.2. The highest BCUT2D eigenvalue weighted by molar-refractivity contribution is 6.08. The zero-order valence-corrected chi connectivity index (χ0v) is 36.6. The average Bonchev–Trinajstić information content (AvgIpc) is 3.18. The van der Waals surface area contributed by atoms with Crippen molar-refractivity contribution in [2.24, 2.45) is 16.0 Å². The van der Waals surface area contributed by atoms with Crippen LogP contribution in [0.1, 0.15) is 103 Å². The third-order valence-corrected chi connectivity index (χ3v) is 9.32. The van der Waals surface area contributed by atoms with Crippen LogP contribution >= 0.6 is 0 Å². The first-order valence-electron chi connectivity index (χ1n) is 20.4. The number of anilines is 1. The zero-order valence-electron chi connectivity index (χ0n) is 36.6. The van der Waals surface area contributed by atoms with Crippen LogP contribution in [-0.2, 0) is 4.79 Å². The molecule has 1 amide bonds. The number of rotatable bonds is 21. The van der Waals surface area contributed by atoms with E-state index in [1.165, 1.54) is 0 Å². The van der Waals surface area contributed by atoms with Crippen LogP contribution in [0.25, 0.3) is 0 Å². The van der Waals surface area contributed by atoms with Gasteiger partial charge in [0.15, 0.2) is 5.84 Å². The Balaban J connectivity index is 0.00000362. The number of likely N-dealkylation sites (N-methyl/N-ethyl adjacent to an activating group) is 1. The average molecular weight is 780 g/mol. The minimum atomic E-state index is -0.0640. The van der Waals surface area contributed by atoms with Crippen molar-refractivity contribution in [2.45, 2.75) is 107 Å². The number of allylic oxidation sites excluding steroid dienone is 2. The lowest BCUT2D eigenvalue weighted by Crippen LogP contribution is -2.43. The standard InChI is InChI=1S/C44H65N7O3.C3H4/c1-11-15-16-25-45-44(48-37-21-22-40(34(6)30-37)54-39-23-28-50(29-24-39)46-14-4)43-35(7)31-41(36(8)47-43)53-32-38(13-3)51(27-17-19-33(5)12-2)42(52)20-18-26-49(9)10;1-3-2/h14,16,18,20-25,28,30-31,33,38H,11-13,15,17,19,26-27,29,32H2,1-10H3,(H,45,48);1H,2H3/b20-18+,25-16+,46-14-;. The van der Waals surface area contributed by atoms with Crippen LogP contribution in [0.3, 0.4) is 0 Å². The molecule has 0 saturated heterocycles. The Morgan fingerprint density at radius 3 is 2.47 bits per heavy atom. The highest BCUT2D eigenvalue weighted by atomic mass is 16.5. The lowest BCUT2D eigenvalue weighted by Gasteiger charge is -2.31. The number of pyridine rings is 1. The Bertz CT molecular complexity index is 1770. The maximum Gasteiger partial charge on any atom is 0.246 e. The van der Waals surface area contributed by atoms with E-state index in [0.29, 0.717) is 37.2 Å². The van der Waals surface area contributed by atoms with Crippen molar-refractivity contribution in [3.05, 3.63) is 95.3 Å². The minimum Gasteiger partial charge on any atom is -0.490 e. The molecule has 1 aromatic heterocycles. The van der Waals surface area contributed by atoms with Gasteiger partial charge in [-0.15, -0.1) is 12.3 Å². The largest absolute Gasteiger partial charge is 0.490 e. The van der Waals surface area contributed by atoms with Crippen molar-refractivity contribution in [2.75, 3.05) is 45.7 Å². The number of aryl methyl sites for hydroxylation is 3. The van der Waals surface area contributed by atoms with Gasteiger partial charge in [0.05, 0.1) is 18.3 Å². The first-order valence-corrected chi connectivity index (χ1v) is 20.4. The molecule has 0 spiro atoms. The molecule has 0 fully saturated rings. The van der Waals surface area contributed by atoms with Crippen molar-refractivity contribution < 1.29 is 14.3 Å². The predicted octanol–water partition coefficient (Wildman–Crippen LogP) is 9.85. The van der Waals surface area contributed by atoms with Gasteiger partial charge in [-0.1, -0.05) is 52.7 Å². The van der Waals surface area contributed by atoms with Crippen LogP contribution in [0.2, 0.25) is 0 Å². The van der Waals surface area contributed by atoms with Crippen LogP contribution in [0, 0.1) is 39.0 Å². The van der Waals surface area contributed by atoms with Gasteiger partial charge >= 0.3 is 0 Å². The minimum absolute atomic E-state index is 0.0348. The Hall–Kier alpha value is -5.14. The Morgan fingerprint density at radius 1 is 1.11 bits per heavy atom. The molecular formula is C47H69N7O3. The summed E-state index contributed by atoms with van der Waals surface area (Å²) in [5.74, 6) is 5.83. The van der Waals surface area contributed by atoms with Gasteiger partial charge in [0.1, 0.15) is 29.6 Å². The van der Waals surface area contributed by atoms with Gasteiger partial charge in [0.25, 0.3) is 0 Å². The summed E-state index contributed by atoms with van der Waals surface area (Å²) in [4.78, 5) is 27.4. The van der Waals surface area contributed by atoms with Gasteiger partial charge in [0, 0.05) is 43.5 Å². The topological polar surface area (TPSA) is 94.9 Å². The third-order valence-electron chi connectivity index (χ3n) is 9.32. The number of benzene rings is 1. The van der Waals surface area contributed by atoms with Crippen LogP contribution < -0.4 is 14.8 Å². The predicted molar refractivity (Wildman–Crippen MR) is 240 cm³/mol. The number of aromatic nitrogens is 1. The molecule has 2 unspecified atom stereocenters. The molecule has 0 aliphatic carbocycles. The maximum absolute atomic E-state index is 13.5. The van der Waals surface area contributed by atoms with Gasteiger partial charge in [0.2, 0.25) is 5.91 Å². The molecule has 0 radical (unpaired) electrons. The highest BCUT2D eigenvalue weighted by Crippen LogP contribution is 2.27. The Kier molecular flexibility index (Phi) is 22.5. The number of carbonyl (C=O) groups excluding carboxylic acids is 1. The van der Waals surface area contributed by atoms with E-state index in [1.54, 1.807) is 19.2 Å². The van der Waals surface area contributed by atoms with E-state index in [9.17, 15) is 4.79 Å². The van der Waals surface area contributed by atoms with E-state index in [1.807, 2.05) is 105 Å². The van der Waals surface area contributed by atoms with Crippen LogP contribution in [-0.4, -0.2) is 84.1 Å². The number of carbonyl (C=O) groups is 1. The second-order valence-corrected chi connectivity index (χ2v) is 14.5. The second kappa shape index (κ2) is 26.7. The molecule has 310 valence electrons. The first kappa shape index (κ1) is 48.0. The van der Waals surface area contributed by atoms with Gasteiger partial charge < -0.3 is 24.6 Å². The summed E-state index contributed by atoms with van der Waals surface area (Å²) in [5.41, 5.74) is 4.30. The van der Waals surface area contributed by atoms with Crippen molar-refractivity contribution >= 4 is 23.6 Å². The molecule has 2 aromatic rings. The van der Waals surface area contributed by atoms with Crippen LogP contribution in [0.5, 0.6) is 11.5 Å². The number of amides is 1. The lowest BCUT2D eigenvalue weighted by molar-refractivity contribution is -0.129. The van der Waals surface area contributed by atoms with Crippen LogP contribution in [0.4, 0.5) is 5.69 Å². The summed E-state index contributed by atoms with van der Waals surface area (Å²) in [5, 5.41) is 9.66. The fourth-order valence-corrected chi connectivity index (χ4v) is 5.84. The lowest BCUT2D eigenvalue weighted by atomic mass is 10.0. The number of aliphatic imine (C=N–C) groups is 1. The number of nitrogens with zero attached hydrogens (tertiary/aromatic N) is 6. The number of nitrogens with one attached hydrogen (secondary N) is 1. The number of ether oxygens (including phenoxy) is 2. The van der Waals surface area contributed by atoms with E-state index in [0.717, 1.165) is 84.8 Å². The van der Waals surface area contributed by atoms with E-state index in [4.69, 9.17) is 19.5 Å². The summed E-state index contributed by atoms with van der Waals surface area (Å²) < 4.78 is 12.7. The normalized spacial score (nSPS) is 14.1. The molecule has 1 aliphatic heterocycles. The van der Waals surface area contributed by atoms with Gasteiger partial charge in [-0.25, -0.2) is 9.98 Å². The fraction of sp³-hybridized carbons (Fsp3) is 0.489. The third kappa shape index (κ3) is 17.3. The summed E-state index contributed by atoms with van der Waals surface area (Å²) in [6.45, 7) is 20.8. The molecule has 2 atom stereocenters. The molecule has 1 aliphatic rings. The smallest absolute Gasteiger partial charge is 0.246 e. The van der Waals surface area contributed by atoms with Gasteiger partial charge in [-0.2, -0.15) is 5.10 Å². The molecule has 1 N–H and O–H groups in total. The van der Waals surface area contributed by atoms with E-state index in [2.05, 4.69) is 62.6 Å². The maximum atomic E-state index is 13.5. The number of hydrogen-bond donors (Lipinski definition) is 1. The number of terminal acetylenes is 1. The molecule has 0 saturated carbocycles. The summed E-state index contributed by atoms with van der Waals surface area (Å²) >= 11 is 0. The van der Waals surface area contributed by atoms with Gasteiger partial charge in [-0.05, 0) is 128 Å².